The highest BCUT2D eigenvalue weighted by Crippen LogP contribution is 2.37. The molecule has 0 aliphatic carbocycles. The van der Waals surface area contributed by atoms with E-state index in [9.17, 15) is 9.59 Å². The number of fused-ring (bicyclic) bond motifs is 3. The molecular formula is C23H27N5O4. The number of carbonyl (C=O) groups excluding carboxylic acids is 2. The minimum atomic E-state index is -0.404. The zero-order chi connectivity index (χ0) is 22.8. The van der Waals surface area contributed by atoms with Gasteiger partial charge in [0.1, 0.15) is 11.4 Å². The first-order valence-corrected chi connectivity index (χ1v) is 10.6. The van der Waals surface area contributed by atoms with Crippen LogP contribution < -0.4 is 20.0 Å². The van der Waals surface area contributed by atoms with Gasteiger partial charge in [0.25, 0.3) is 5.91 Å². The summed E-state index contributed by atoms with van der Waals surface area (Å²) in [6.07, 6.45) is 3.60. The number of hydrogen-bond donors (Lipinski definition) is 2. The Labute approximate surface area is 186 Å². The average molecular weight is 438 g/mol. The van der Waals surface area contributed by atoms with Gasteiger partial charge in [-0.25, -0.2) is 15.3 Å². The van der Waals surface area contributed by atoms with Gasteiger partial charge in [0.2, 0.25) is 0 Å². The summed E-state index contributed by atoms with van der Waals surface area (Å²) in [6, 6.07) is 6.77. The molecule has 3 aromatic rings. The van der Waals surface area contributed by atoms with Crippen molar-refractivity contribution in [1.82, 2.24) is 15.4 Å². The van der Waals surface area contributed by atoms with Gasteiger partial charge in [0, 0.05) is 41.5 Å². The number of aromatic nitrogens is 2. The van der Waals surface area contributed by atoms with Gasteiger partial charge < -0.3 is 9.72 Å². The Bertz CT molecular complexity index is 1160. The number of nitrogens with one attached hydrogen (secondary N) is 2. The van der Waals surface area contributed by atoms with E-state index in [1.165, 1.54) is 7.11 Å². The second-order valence-corrected chi connectivity index (χ2v) is 8.04. The van der Waals surface area contributed by atoms with Crippen LogP contribution in [-0.4, -0.2) is 42.2 Å². The van der Waals surface area contributed by atoms with Gasteiger partial charge in [-0.15, -0.1) is 0 Å². The molecule has 0 fully saturated rings. The second-order valence-electron chi connectivity index (χ2n) is 8.04. The van der Waals surface area contributed by atoms with Gasteiger partial charge in [-0.3, -0.25) is 19.4 Å². The molecule has 0 saturated carbocycles. The highest BCUT2D eigenvalue weighted by atomic mass is 16.6. The maximum absolute atomic E-state index is 13.5. The zero-order valence-electron chi connectivity index (χ0n) is 18.6. The lowest BCUT2D eigenvalue weighted by Gasteiger charge is -2.37. The molecule has 4 rings (SSSR count). The van der Waals surface area contributed by atoms with E-state index >= 15 is 0 Å². The smallest absolute Gasteiger partial charge is 0.329 e. The summed E-state index contributed by atoms with van der Waals surface area (Å²) in [5.41, 5.74) is 5.88. The monoisotopic (exact) mass is 437 g/mol. The maximum Gasteiger partial charge on any atom is 0.329 e. The fourth-order valence-corrected chi connectivity index (χ4v) is 3.76. The van der Waals surface area contributed by atoms with Gasteiger partial charge in [-0.2, -0.15) is 0 Å². The lowest BCUT2D eigenvalue weighted by atomic mass is 10.1. The molecule has 2 N–H and O–H groups in total. The molecule has 1 aliphatic rings. The third-order valence-electron chi connectivity index (χ3n) is 5.29. The van der Waals surface area contributed by atoms with Crippen molar-refractivity contribution in [3.8, 4) is 5.75 Å². The number of ether oxygens (including phenoxy) is 1. The number of methoxy groups -OCH3 is 1. The van der Waals surface area contributed by atoms with E-state index in [4.69, 9.17) is 9.57 Å². The maximum atomic E-state index is 13.5. The van der Waals surface area contributed by atoms with Gasteiger partial charge in [0.15, 0.2) is 0 Å². The van der Waals surface area contributed by atoms with Crippen molar-refractivity contribution in [2.24, 2.45) is 5.92 Å². The number of carbonyl (C=O) groups is 2. The number of urea groups is 1. The number of anilines is 2. The molecule has 0 atom stereocenters. The van der Waals surface area contributed by atoms with Crippen LogP contribution in [-0.2, 0) is 11.4 Å². The number of hydrogen-bond acceptors (Lipinski definition) is 5. The van der Waals surface area contributed by atoms with Crippen LogP contribution in [0.4, 0.5) is 16.2 Å². The summed E-state index contributed by atoms with van der Waals surface area (Å²) >= 11 is 0. The summed E-state index contributed by atoms with van der Waals surface area (Å²) in [6.45, 7) is 7.14. The fraction of sp³-hybridized carbons (Fsp3) is 0.348. The van der Waals surface area contributed by atoms with Gasteiger partial charge in [0.05, 0.1) is 31.6 Å². The predicted molar refractivity (Wildman–Crippen MR) is 122 cm³/mol. The zero-order valence-corrected chi connectivity index (χ0v) is 18.6. The molecule has 0 spiro atoms. The summed E-state index contributed by atoms with van der Waals surface area (Å²) in [7, 11) is 1.52. The molecule has 0 radical (unpaired) electrons. The van der Waals surface area contributed by atoms with Crippen molar-refractivity contribution in [1.29, 1.82) is 0 Å². The number of H-pyrrole nitrogens is 1. The molecule has 3 amide bonds. The number of nitrogens with zero attached hydrogens (tertiary/aromatic N) is 3. The van der Waals surface area contributed by atoms with E-state index in [2.05, 4.69) is 15.4 Å². The third kappa shape index (κ3) is 3.99. The quantitative estimate of drug-likeness (QED) is 0.547. The Morgan fingerprint density at radius 3 is 2.84 bits per heavy atom. The molecule has 1 aliphatic heterocycles. The highest BCUT2D eigenvalue weighted by Gasteiger charge is 2.33. The Morgan fingerprint density at radius 2 is 2.12 bits per heavy atom. The Balaban J connectivity index is 1.69. The van der Waals surface area contributed by atoms with E-state index < -0.39 is 5.91 Å². The van der Waals surface area contributed by atoms with Crippen LogP contribution in [0.25, 0.3) is 11.0 Å². The lowest BCUT2D eigenvalue weighted by Crippen LogP contribution is -2.47. The summed E-state index contributed by atoms with van der Waals surface area (Å²) in [4.78, 5) is 42.3. The number of pyridine rings is 1. The fourth-order valence-electron chi connectivity index (χ4n) is 3.76. The number of benzene rings is 1. The summed E-state index contributed by atoms with van der Waals surface area (Å²) in [5, 5.41) is 0.908. The molecule has 168 valence electrons. The molecule has 9 heteroatoms. The van der Waals surface area contributed by atoms with Crippen LogP contribution in [0.2, 0.25) is 0 Å². The van der Waals surface area contributed by atoms with Crippen molar-refractivity contribution in [3.63, 3.8) is 0 Å². The van der Waals surface area contributed by atoms with Gasteiger partial charge >= 0.3 is 6.03 Å². The van der Waals surface area contributed by atoms with E-state index in [1.54, 1.807) is 34.2 Å². The molecule has 3 heterocycles. The Kier molecular flexibility index (Phi) is 6.00. The van der Waals surface area contributed by atoms with Crippen molar-refractivity contribution >= 4 is 34.3 Å². The van der Waals surface area contributed by atoms with Crippen molar-refractivity contribution in [2.75, 3.05) is 30.1 Å². The molecule has 2 aromatic heterocycles. The van der Waals surface area contributed by atoms with Crippen LogP contribution in [0, 0.1) is 5.92 Å². The number of aromatic amines is 1. The number of hydroxylamine groups is 1. The summed E-state index contributed by atoms with van der Waals surface area (Å²) in [5.74, 6) is 0.346. The predicted octanol–water partition coefficient (Wildman–Crippen LogP) is 3.86. The molecular weight excluding hydrogens is 410 g/mol. The van der Waals surface area contributed by atoms with Crippen molar-refractivity contribution in [3.05, 3.63) is 47.8 Å². The molecule has 0 unspecified atom stereocenters. The van der Waals surface area contributed by atoms with Crippen LogP contribution in [0.5, 0.6) is 5.75 Å². The normalized spacial score (nSPS) is 13.6. The first-order chi connectivity index (χ1) is 15.4. The van der Waals surface area contributed by atoms with Crippen LogP contribution in [0.1, 0.15) is 36.7 Å². The molecule has 32 heavy (non-hydrogen) atoms. The summed E-state index contributed by atoms with van der Waals surface area (Å²) < 4.78 is 5.40. The number of amides is 3. The van der Waals surface area contributed by atoms with Crippen LogP contribution >= 0.6 is 0 Å². The van der Waals surface area contributed by atoms with E-state index in [0.29, 0.717) is 36.7 Å². The Morgan fingerprint density at radius 1 is 1.31 bits per heavy atom. The lowest BCUT2D eigenvalue weighted by molar-refractivity contribution is 0.0208. The van der Waals surface area contributed by atoms with Crippen molar-refractivity contribution < 1.29 is 19.2 Å². The Hall–Kier alpha value is -3.59. The van der Waals surface area contributed by atoms with Crippen LogP contribution in [0.15, 0.2) is 36.7 Å². The highest BCUT2D eigenvalue weighted by molar-refractivity contribution is 6.11. The molecule has 1 aromatic carbocycles. The first kappa shape index (κ1) is 21.6. The third-order valence-corrected chi connectivity index (χ3v) is 5.29. The molecule has 0 saturated heterocycles. The van der Waals surface area contributed by atoms with E-state index in [1.807, 2.05) is 33.0 Å². The molecule has 0 bridgehead atoms. The minimum absolute atomic E-state index is 0.177. The topological polar surface area (TPSA) is 99.8 Å². The first-order valence-electron chi connectivity index (χ1n) is 10.6. The minimum Gasteiger partial charge on any atom is -0.497 e. The van der Waals surface area contributed by atoms with Crippen molar-refractivity contribution in [2.45, 2.75) is 27.3 Å². The standard InChI is InChI=1S/C23H27N5O4/c1-5-27-20-16(11-25-21-19(20)6-7-24-21)12-28(23(27)30)17-8-15(9-18(10-17)31-4)22(29)26-32-13-14(2)3/h6-11,14H,5,12-13H2,1-4H3,(H,24,25)(H,26,29). The largest absolute Gasteiger partial charge is 0.497 e. The van der Waals surface area contributed by atoms with Crippen LogP contribution in [0.3, 0.4) is 0 Å². The number of rotatable bonds is 7. The molecule has 9 nitrogen and oxygen atoms in total. The van der Waals surface area contributed by atoms with Gasteiger partial charge in [-0.1, -0.05) is 13.8 Å². The second kappa shape index (κ2) is 8.88. The van der Waals surface area contributed by atoms with E-state index in [-0.39, 0.29) is 11.9 Å². The SMILES string of the molecule is CCN1C(=O)N(c2cc(OC)cc(C(=O)NOCC(C)C)c2)Cc2cnc3[nH]ccc3c21. The van der Waals surface area contributed by atoms with Gasteiger partial charge in [-0.05, 0) is 31.0 Å². The van der Waals surface area contributed by atoms with E-state index in [0.717, 1.165) is 22.3 Å². The average Bonchev–Trinajstić information content (AvgIpc) is 3.27.